The number of nitrogens with one attached hydrogen (secondary N) is 1. The molecule has 8 nitrogen and oxygen atoms in total. The molecule has 3 aliphatic rings. The number of aromatic nitrogens is 1. The molecule has 0 bridgehead atoms. The van der Waals surface area contributed by atoms with Gasteiger partial charge in [-0.05, 0) is 44.6 Å². The Labute approximate surface area is 191 Å². The molecule has 1 aromatic heterocycles. The Morgan fingerprint density at radius 2 is 1.41 bits per heavy atom. The number of hydrogen-bond donors (Lipinski definition) is 1. The summed E-state index contributed by atoms with van der Waals surface area (Å²) in [5.74, 6) is -0.326. The van der Waals surface area contributed by atoms with Crippen LogP contribution in [0.5, 0.6) is 0 Å². The highest BCUT2D eigenvalue weighted by molar-refractivity contribution is 7.89. The highest BCUT2D eigenvalue weighted by Gasteiger charge is 2.36. The predicted octanol–water partition coefficient (Wildman–Crippen LogP) is 2.83. The van der Waals surface area contributed by atoms with Crippen LogP contribution in [0.1, 0.15) is 74.7 Å². The van der Waals surface area contributed by atoms with Crippen LogP contribution in [0.3, 0.4) is 0 Å². The van der Waals surface area contributed by atoms with Gasteiger partial charge in [0.25, 0.3) is 5.91 Å². The van der Waals surface area contributed by atoms with Gasteiger partial charge < -0.3 is 14.8 Å². The van der Waals surface area contributed by atoms with Crippen molar-refractivity contribution in [3.05, 3.63) is 18.0 Å². The number of H-pyrrole nitrogens is 1. The molecule has 3 saturated heterocycles. The van der Waals surface area contributed by atoms with Crippen LogP contribution in [0, 0.1) is 5.92 Å². The Morgan fingerprint density at radius 1 is 0.812 bits per heavy atom. The second-order valence-corrected chi connectivity index (χ2v) is 11.3. The quantitative estimate of drug-likeness (QED) is 0.741. The summed E-state index contributed by atoms with van der Waals surface area (Å²) in [5, 5.41) is 0. The van der Waals surface area contributed by atoms with Gasteiger partial charge in [-0.1, -0.05) is 25.7 Å². The molecule has 32 heavy (non-hydrogen) atoms. The van der Waals surface area contributed by atoms with E-state index in [1.807, 2.05) is 9.80 Å². The number of likely N-dealkylation sites (tertiary alicyclic amines) is 2. The molecule has 0 spiro atoms. The molecule has 2 amide bonds. The van der Waals surface area contributed by atoms with E-state index in [1.165, 1.54) is 16.6 Å². The Hall–Kier alpha value is -1.87. The number of aromatic amines is 1. The summed E-state index contributed by atoms with van der Waals surface area (Å²) in [6.07, 6.45) is 11.4. The fourth-order valence-corrected chi connectivity index (χ4v) is 6.67. The van der Waals surface area contributed by atoms with Crippen LogP contribution in [0.4, 0.5) is 0 Å². The highest BCUT2D eigenvalue weighted by Crippen LogP contribution is 2.27. The number of carbonyl (C=O) groups is 2. The first-order valence-electron chi connectivity index (χ1n) is 12.2. The van der Waals surface area contributed by atoms with Gasteiger partial charge in [0.15, 0.2) is 0 Å². The van der Waals surface area contributed by atoms with Crippen LogP contribution in [0.2, 0.25) is 0 Å². The first kappa shape index (κ1) is 23.3. The third-order valence-corrected chi connectivity index (χ3v) is 8.91. The largest absolute Gasteiger partial charge is 0.356 e. The Bertz CT molecular complexity index is 897. The molecule has 0 aliphatic carbocycles. The molecule has 1 aromatic rings. The van der Waals surface area contributed by atoms with Crippen molar-refractivity contribution < 1.29 is 18.0 Å². The zero-order valence-corrected chi connectivity index (χ0v) is 19.7. The fourth-order valence-electron chi connectivity index (χ4n) is 5.15. The van der Waals surface area contributed by atoms with Crippen molar-refractivity contribution in [1.82, 2.24) is 19.1 Å². The SMILES string of the molecule is O=C(c1cc(S(=O)(=O)N2CCC[C@@H](C(=O)N3CCCCCC3)C2)c[nH]1)N1CCCCCC1. The molecule has 9 heteroatoms. The molecule has 1 N–H and O–H groups in total. The maximum absolute atomic E-state index is 13.3. The predicted molar refractivity (Wildman–Crippen MR) is 122 cm³/mol. The molecule has 3 fully saturated rings. The summed E-state index contributed by atoms with van der Waals surface area (Å²) in [7, 11) is -3.76. The van der Waals surface area contributed by atoms with E-state index in [9.17, 15) is 18.0 Å². The molecule has 3 aliphatic heterocycles. The van der Waals surface area contributed by atoms with E-state index in [0.717, 1.165) is 70.9 Å². The molecule has 4 rings (SSSR count). The lowest BCUT2D eigenvalue weighted by Crippen LogP contribution is -2.46. The highest BCUT2D eigenvalue weighted by atomic mass is 32.2. The molecule has 1 atom stereocenters. The van der Waals surface area contributed by atoms with Crippen molar-refractivity contribution in [1.29, 1.82) is 0 Å². The van der Waals surface area contributed by atoms with Gasteiger partial charge in [-0.2, -0.15) is 4.31 Å². The lowest BCUT2D eigenvalue weighted by molar-refractivity contribution is -0.136. The summed E-state index contributed by atoms with van der Waals surface area (Å²) in [5.41, 5.74) is 0.319. The second-order valence-electron chi connectivity index (χ2n) is 9.40. The maximum atomic E-state index is 13.3. The second kappa shape index (κ2) is 10.4. The van der Waals surface area contributed by atoms with Crippen molar-refractivity contribution in [2.24, 2.45) is 5.92 Å². The molecule has 0 unspecified atom stereocenters. The summed E-state index contributed by atoms with van der Waals surface area (Å²) >= 11 is 0. The minimum Gasteiger partial charge on any atom is -0.356 e. The number of hydrogen-bond acceptors (Lipinski definition) is 4. The average Bonchev–Trinajstić information content (AvgIpc) is 2.99. The lowest BCUT2D eigenvalue weighted by atomic mass is 9.98. The van der Waals surface area contributed by atoms with E-state index in [1.54, 1.807) is 0 Å². The van der Waals surface area contributed by atoms with Gasteiger partial charge in [0.1, 0.15) is 10.6 Å². The van der Waals surface area contributed by atoms with Gasteiger partial charge in [-0.3, -0.25) is 9.59 Å². The van der Waals surface area contributed by atoms with Crippen LogP contribution in [-0.2, 0) is 14.8 Å². The van der Waals surface area contributed by atoms with Crippen LogP contribution < -0.4 is 0 Å². The Balaban J connectivity index is 1.43. The van der Waals surface area contributed by atoms with Crippen molar-refractivity contribution in [3.8, 4) is 0 Å². The topological polar surface area (TPSA) is 93.8 Å². The minimum atomic E-state index is -3.76. The number of piperidine rings is 1. The van der Waals surface area contributed by atoms with Crippen LogP contribution >= 0.6 is 0 Å². The van der Waals surface area contributed by atoms with Gasteiger partial charge in [-0.25, -0.2) is 8.42 Å². The molecule has 4 heterocycles. The zero-order chi connectivity index (χ0) is 22.6. The van der Waals surface area contributed by atoms with Gasteiger partial charge in [-0.15, -0.1) is 0 Å². The maximum Gasteiger partial charge on any atom is 0.270 e. The first-order chi connectivity index (χ1) is 15.5. The number of rotatable bonds is 4. The summed E-state index contributed by atoms with van der Waals surface area (Å²) in [6.45, 7) is 3.62. The third-order valence-electron chi connectivity index (χ3n) is 7.07. The number of amides is 2. The van der Waals surface area contributed by atoms with E-state index in [2.05, 4.69) is 4.98 Å². The van der Waals surface area contributed by atoms with E-state index in [0.29, 0.717) is 31.7 Å². The van der Waals surface area contributed by atoms with Crippen molar-refractivity contribution >= 4 is 21.8 Å². The molecule has 0 saturated carbocycles. The van der Waals surface area contributed by atoms with Crippen molar-refractivity contribution in [2.45, 2.75) is 69.1 Å². The molecule has 0 radical (unpaired) electrons. The van der Waals surface area contributed by atoms with E-state index < -0.39 is 10.0 Å². The first-order valence-corrected chi connectivity index (χ1v) is 13.7. The van der Waals surface area contributed by atoms with Gasteiger partial charge in [0, 0.05) is 45.5 Å². The molecule has 0 aromatic carbocycles. The minimum absolute atomic E-state index is 0.0953. The van der Waals surface area contributed by atoms with Gasteiger partial charge in [0.05, 0.1) is 5.92 Å². The monoisotopic (exact) mass is 464 g/mol. The Kier molecular flexibility index (Phi) is 7.55. The third kappa shape index (κ3) is 5.20. The van der Waals surface area contributed by atoms with E-state index in [-0.39, 0.29) is 29.2 Å². The fraction of sp³-hybridized carbons (Fsp3) is 0.739. The molecular formula is C23H36N4O4S. The normalized spacial score (nSPS) is 24.1. The van der Waals surface area contributed by atoms with E-state index >= 15 is 0 Å². The Morgan fingerprint density at radius 3 is 2.03 bits per heavy atom. The summed E-state index contributed by atoms with van der Waals surface area (Å²) in [4.78, 5) is 32.7. The van der Waals surface area contributed by atoms with Crippen molar-refractivity contribution in [3.63, 3.8) is 0 Å². The van der Waals surface area contributed by atoms with Crippen molar-refractivity contribution in [2.75, 3.05) is 39.3 Å². The number of nitrogens with zero attached hydrogens (tertiary/aromatic N) is 3. The smallest absolute Gasteiger partial charge is 0.270 e. The molecule has 178 valence electrons. The van der Waals surface area contributed by atoms with Gasteiger partial charge >= 0.3 is 0 Å². The van der Waals surface area contributed by atoms with Gasteiger partial charge in [0.2, 0.25) is 15.9 Å². The number of carbonyl (C=O) groups excluding carboxylic acids is 2. The standard InChI is InChI=1S/C23H36N4O4S/c28-22(25-11-5-1-2-6-12-25)19-10-9-15-27(18-19)32(30,31)20-16-21(24-17-20)23(29)26-13-7-3-4-8-14-26/h16-17,19,24H,1-15,18H2/t19-/m1/s1. The van der Waals surface area contributed by atoms with Crippen LogP contribution in [0.25, 0.3) is 0 Å². The summed E-state index contributed by atoms with van der Waals surface area (Å²) in [6, 6.07) is 1.46. The van der Waals surface area contributed by atoms with E-state index in [4.69, 9.17) is 0 Å². The average molecular weight is 465 g/mol. The molecular weight excluding hydrogens is 428 g/mol. The van der Waals surface area contributed by atoms with Crippen LogP contribution in [0.15, 0.2) is 17.2 Å². The summed E-state index contributed by atoms with van der Waals surface area (Å²) < 4.78 is 28.1. The zero-order valence-electron chi connectivity index (χ0n) is 18.9. The lowest BCUT2D eigenvalue weighted by Gasteiger charge is -2.34. The van der Waals surface area contributed by atoms with Crippen LogP contribution in [-0.4, -0.2) is 78.6 Å². The number of sulfonamides is 1.